The van der Waals surface area contributed by atoms with E-state index in [-0.39, 0.29) is 0 Å². The smallest absolute Gasteiger partial charge is 0.119 e. The van der Waals surface area contributed by atoms with Crippen molar-refractivity contribution in [3.63, 3.8) is 0 Å². The van der Waals surface area contributed by atoms with Crippen LogP contribution in [0.1, 0.15) is 38.7 Å². The lowest BCUT2D eigenvalue weighted by Gasteiger charge is -2.13. The summed E-state index contributed by atoms with van der Waals surface area (Å²) in [6.45, 7) is 5.98. The van der Waals surface area contributed by atoms with Crippen molar-refractivity contribution < 1.29 is 4.74 Å². The first-order valence-corrected chi connectivity index (χ1v) is 6.73. The van der Waals surface area contributed by atoms with E-state index in [9.17, 15) is 0 Å². The molecule has 1 N–H and O–H groups in total. The molecule has 0 aromatic heterocycles. The van der Waals surface area contributed by atoms with Crippen LogP contribution in [0, 0.1) is 5.92 Å². The molecule has 2 nitrogen and oxygen atoms in total. The Morgan fingerprint density at radius 3 is 2.59 bits per heavy atom. The zero-order valence-corrected chi connectivity index (χ0v) is 10.9. The molecular formula is C15H23NO. The van der Waals surface area contributed by atoms with Gasteiger partial charge >= 0.3 is 0 Å². The molecule has 1 aliphatic carbocycles. The molecule has 17 heavy (non-hydrogen) atoms. The van der Waals surface area contributed by atoms with Crippen molar-refractivity contribution in [1.29, 1.82) is 0 Å². The van der Waals surface area contributed by atoms with E-state index in [2.05, 4.69) is 24.4 Å². The Morgan fingerprint density at radius 1 is 1.29 bits per heavy atom. The summed E-state index contributed by atoms with van der Waals surface area (Å²) >= 11 is 0. The molecule has 0 radical (unpaired) electrons. The summed E-state index contributed by atoms with van der Waals surface area (Å²) < 4.78 is 5.43. The maximum Gasteiger partial charge on any atom is 0.119 e. The van der Waals surface area contributed by atoms with Gasteiger partial charge in [0, 0.05) is 12.6 Å². The highest BCUT2D eigenvalue weighted by Crippen LogP contribution is 2.33. The van der Waals surface area contributed by atoms with Gasteiger partial charge < -0.3 is 10.1 Å². The van der Waals surface area contributed by atoms with Gasteiger partial charge in [0.05, 0.1) is 6.61 Å². The zero-order valence-electron chi connectivity index (χ0n) is 10.9. The molecular weight excluding hydrogens is 210 g/mol. The Bertz CT molecular complexity index is 329. The second-order valence-electron chi connectivity index (χ2n) is 5.04. The van der Waals surface area contributed by atoms with Crippen LogP contribution in [0.4, 0.5) is 0 Å². The van der Waals surface area contributed by atoms with E-state index in [1.807, 2.05) is 19.1 Å². The number of ether oxygens (including phenoxy) is 1. The van der Waals surface area contributed by atoms with Crippen LogP contribution < -0.4 is 10.1 Å². The van der Waals surface area contributed by atoms with E-state index in [0.29, 0.717) is 6.04 Å². The molecule has 1 fully saturated rings. The molecule has 94 valence electrons. The predicted octanol–water partition coefficient (Wildman–Crippen LogP) is 3.36. The molecule has 0 saturated heterocycles. The van der Waals surface area contributed by atoms with Crippen LogP contribution >= 0.6 is 0 Å². The molecule has 1 aliphatic rings. The molecule has 0 spiro atoms. The SMILES string of the molecule is CCOc1ccc(CNC(C)CC2CC2)cc1. The fraction of sp³-hybridized carbons (Fsp3) is 0.600. The third-order valence-corrected chi connectivity index (χ3v) is 3.27. The second-order valence-corrected chi connectivity index (χ2v) is 5.04. The van der Waals surface area contributed by atoms with Gasteiger partial charge in [-0.1, -0.05) is 25.0 Å². The van der Waals surface area contributed by atoms with E-state index >= 15 is 0 Å². The summed E-state index contributed by atoms with van der Waals surface area (Å²) in [6.07, 6.45) is 4.21. The summed E-state index contributed by atoms with van der Waals surface area (Å²) in [5.41, 5.74) is 1.33. The van der Waals surface area contributed by atoms with Crippen molar-refractivity contribution in [3.8, 4) is 5.75 Å². The van der Waals surface area contributed by atoms with Crippen LogP contribution in [0.2, 0.25) is 0 Å². The standard InChI is InChI=1S/C15H23NO/c1-3-17-15-8-6-14(7-9-15)11-16-12(2)10-13-4-5-13/h6-9,12-13,16H,3-5,10-11H2,1-2H3. The highest BCUT2D eigenvalue weighted by atomic mass is 16.5. The molecule has 2 heteroatoms. The average molecular weight is 233 g/mol. The molecule has 0 heterocycles. The van der Waals surface area contributed by atoms with Gasteiger partial charge in [-0.25, -0.2) is 0 Å². The summed E-state index contributed by atoms with van der Waals surface area (Å²) in [4.78, 5) is 0. The molecule has 0 aliphatic heterocycles. The van der Waals surface area contributed by atoms with Gasteiger partial charge in [-0.15, -0.1) is 0 Å². The van der Waals surface area contributed by atoms with Crippen molar-refractivity contribution in [2.75, 3.05) is 6.61 Å². The first-order valence-electron chi connectivity index (χ1n) is 6.73. The molecule has 1 unspecified atom stereocenters. The Hall–Kier alpha value is -1.02. The Balaban J connectivity index is 1.73. The number of nitrogens with one attached hydrogen (secondary N) is 1. The number of hydrogen-bond donors (Lipinski definition) is 1. The van der Waals surface area contributed by atoms with Gasteiger partial charge in [0.1, 0.15) is 5.75 Å². The van der Waals surface area contributed by atoms with Gasteiger partial charge in [-0.3, -0.25) is 0 Å². The lowest BCUT2D eigenvalue weighted by molar-refractivity contribution is 0.340. The summed E-state index contributed by atoms with van der Waals surface area (Å²) in [7, 11) is 0. The largest absolute Gasteiger partial charge is 0.494 e. The van der Waals surface area contributed by atoms with Crippen molar-refractivity contribution in [1.82, 2.24) is 5.32 Å². The monoisotopic (exact) mass is 233 g/mol. The Labute approximate surface area is 104 Å². The van der Waals surface area contributed by atoms with Gasteiger partial charge in [0.25, 0.3) is 0 Å². The van der Waals surface area contributed by atoms with Gasteiger partial charge in [-0.2, -0.15) is 0 Å². The van der Waals surface area contributed by atoms with Crippen LogP contribution in [0.5, 0.6) is 5.75 Å². The fourth-order valence-corrected chi connectivity index (χ4v) is 2.10. The van der Waals surface area contributed by atoms with Crippen LogP contribution in [-0.2, 0) is 6.54 Å². The normalized spacial score (nSPS) is 16.8. The molecule has 1 aromatic rings. The number of rotatable bonds is 7. The van der Waals surface area contributed by atoms with Crippen molar-refractivity contribution in [2.24, 2.45) is 5.92 Å². The highest BCUT2D eigenvalue weighted by Gasteiger charge is 2.23. The third kappa shape index (κ3) is 4.39. The minimum atomic E-state index is 0.633. The van der Waals surface area contributed by atoms with Crippen molar-refractivity contribution in [2.45, 2.75) is 45.7 Å². The fourth-order valence-electron chi connectivity index (χ4n) is 2.10. The molecule has 1 atom stereocenters. The van der Waals surface area contributed by atoms with Crippen LogP contribution in [-0.4, -0.2) is 12.6 Å². The highest BCUT2D eigenvalue weighted by molar-refractivity contribution is 5.27. The molecule has 0 amide bonds. The summed E-state index contributed by atoms with van der Waals surface area (Å²) in [5, 5.41) is 3.58. The minimum Gasteiger partial charge on any atom is -0.494 e. The molecule has 0 bridgehead atoms. The summed E-state index contributed by atoms with van der Waals surface area (Å²) in [5.74, 6) is 1.96. The maximum atomic E-state index is 5.43. The van der Waals surface area contributed by atoms with Gasteiger partial charge in [0.2, 0.25) is 0 Å². The quantitative estimate of drug-likeness (QED) is 0.779. The van der Waals surface area contributed by atoms with E-state index in [0.717, 1.165) is 24.8 Å². The van der Waals surface area contributed by atoms with E-state index in [1.165, 1.54) is 24.8 Å². The van der Waals surface area contributed by atoms with Crippen LogP contribution in [0.3, 0.4) is 0 Å². The van der Waals surface area contributed by atoms with Crippen molar-refractivity contribution >= 4 is 0 Å². The first-order chi connectivity index (χ1) is 8.28. The molecule has 1 aromatic carbocycles. The van der Waals surface area contributed by atoms with E-state index in [4.69, 9.17) is 4.74 Å². The van der Waals surface area contributed by atoms with Crippen molar-refractivity contribution in [3.05, 3.63) is 29.8 Å². The maximum absolute atomic E-state index is 5.43. The van der Waals surface area contributed by atoms with Gasteiger partial charge in [-0.05, 0) is 43.9 Å². The first kappa shape index (κ1) is 12.4. The summed E-state index contributed by atoms with van der Waals surface area (Å²) in [6, 6.07) is 9.01. The Kier molecular flexibility index (Phi) is 4.43. The number of benzene rings is 1. The molecule has 2 rings (SSSR count). The van der Waals surface area contributed by atoms with Crippen LogP contribution in [0.25, 0.3) is 0 Å². The third-order valence-electron chi connectivity index (χ3n) is 3.27. The second kappa shape index (κ2) is 6.06. The van der Waals surface area contributed by atoms with Gasteiger partial charge in [0.15, 0.2) is 0 Å². The molecule has 1 saturated carbocycles. The lowest BCUT2D eigenvalue weighted by atomic mass is 10.1. The topological polar surface area (TPSA) is 21.3 Å². The van der Waals surface area contributed by atoms with E-state index < -0.39 is 0 Å². The zero-order chi connectivity index (χ0) is 12.1. The average Bonchev–Trinajstić information content (AvgIpc) is 3.12. The lowest BCUT2D eigenvalue weighted by Crippen LogP contribution is -2.25. The Morgan fingerprint density at radius 2 is 2.00 bits per heavy atom. The predicted molar refractivity (Wildman–Crippen MR) is 71.3 cm³/mol. The minimum absolute atomic E-state index is 0.633. The number of hydrogen-bond acceptors (Lipinski definition) is 2. The van der Waals surface area contributed by atoms with E-state index in [1.54, 1.807) is 0 Å². The van der Waals surface area contributed by atoms with Crippen LogP contribution in [0.15, 0.2) is 24.3 Å².